The smallest absolute Gasteiger partial charge is 0.167 e. The topological polar surface area (TPSA) is 38.7 Å². The first kappa shape index (κ1) is 12.3. The van der Waals surface area contributed by atoms with E-state index >= 15 is 0 Å². The van der Waals surface area contributed by atoms with Gasteiger partial charge in [0.1, 0.15) is 0 Å². The Balaban J connectivity index is 3.43. The van der Waals surface area contributed by atoms with Crippen LogP contribution in [0.1, 0.15) is 18.1 Å². The van der Waals surface area contributed by atoms with Gasteiger partial charge in [-0.25, -0.2) is 0 Å². The lowest BCUT2D eigenvalue weighted by molar-refractivity contribution is 0.268. The number of aryl methyl sites for hydroxylation is 1. The van der Waals surface area contributed by atoms with Crippen molar-refractivity contribution in [3.05, 3.63) is 21.7 Å². The maximum absolute atomic E-state index is 9.30. The molecule has 0 unspecified atom stereocenters. The number of aliphatic hydroxyl groups excluding tert-OH is 1. The fourth-order valence-corrected chi connectivity index (χ4v) is 2.20. The molecule has 1 N–H and O–H groups in total. The summed E-state index contributed by atoms with van der Waals surface area (Å²) >= 11 is 3.46. The summed E-state index contributed by atoms with van der Waals surface area (Å²) in [6.45, 7) is 1.97. The van der Waals surface area contributed by atoms with Gasteiger partial charge in [-0.2, -0.15) is 0 Å². The molecular weight excluding hydrogens is 260 g/mol. The van der Waals surface area contributed by atoms with E-state index in [2.05, 4.69) is 15.9 Å². The molecule has 0 atom stereocenters. The van der Waals surface area contributed by atoms with Gasteiger partial charge in [-0.15, -0.1) is 0 Å². The third-order valence-corrected chi connectivity index (χ3v) is 3.30. The normalized spacial score (nSPS) is 10.2. The van der Waals surface area contributed by atoms with Crippen molar-refractivity contribution in [1.29, 1.82) is 0 Å². The largest absolute Gasteiger partial charge is 0.493 e. The van der Waals surface area contributed by atoms with Crippen LogP contribution >= 0.6 is 15.9 Å². The molecule has 0 aliphatic carbocycles. The summed E-state index contributed by atoms with van der Waals surface area (Å²) in [5.74, 6) is 1.24. The lowest BCUT2D eigenvalue weighted by Gasteiger charge is -2.15. The first-order valence-electron chi connectivity index (χ1n) is 4.72. The lowest BCUT2D eigenvalue weighted by Crippen LogP contribution is -2.00. The molecule has 0 amide bonds. The van der Waals surface area contributed by atoms with Gasteiger partial charge in [-0.3, -0.25) is 0 Å². The average Bonchev–Trinajstić information content (AvgIpc) is 2.28. The quantitative estimate of drug-likeness (QED) is 0.917. The molecule has 0 heterocycles. The number of hydrogen-bond donors (Lipinski definition) is 1. The predicted octanol–water partition coefficient (Wildman–Crippen LogP) is 2.52. The second-order valence-corrected chi connectivity index (χ2v) is 3.87. The molecule has 0 fully saturated rings. The van der Waals surface area contributed by atoms with Crippen LogP contribution in [-0.2, 0) is 13.0 Å². The molecule has 1 aromatic carbocycles. The van der Waals surface area contributed by atoms with Crippen LogP contribution in [0.15, 0.2) is 10.5 Å². The van der Waals surface area contributed by atoms with E-state index in [4.69, 9.17) is 9.47 Å². The number of methoxy groups -OCH3 is 2. The van der Waals surface area contributed by atoms with Gasteiger partial charge in [0.15, 0.2) is 11.5 Å². The van der Waals surface area contributed by atoms with Gasteiger partial charge >= 0.3 is 0 Å². The number of rotatable bonds is 4. The highest BCUT2D eigenvalue weighted by molar-refractivity contribution is 9.10. The van der Waals surface area contributed by atoms with Crippen molar-refractivity contribution in [2.45, 2.75) is 20.0 Å². The molecule has 0 aliphatic rings. The second-order valence-electron chi connectivity index (χ2n) is 3.08. The highest BCUT2D eigenvalue weighted by Gasteiger charge is 2.16. The SMILES string of the molecule is CCc1cc(OC)c(OC)c(CO)c1Br. The zero-order chi connectivity index (χ0) is 11.4. The maximum Gasteiger partial charge on any atom is 0.167 e. The van der Waals surface area contributed by atoms with Gasteiger partial charge in [0.2, 0.25) is 0 Å². The van der Waals surface area contributed by atoms with Crippen LogP contribution in [0, 0.1) is 0 Å². The summed E-state index contributed by atoms with van der Waals surface area (Å²) < 4.78 is 11.3. The number of ether oxygens (including phenoxy) is 2. The highest BCUT2D eigenvalue weighted by Crippen LogP contribution is 2.38. The molecule has 0 bridgehead atoms. The van der Waals surface area contributed by atoms with Gasteiger partial charge in [0.25, 0.3) is 0 Å². The molecule has 0 saturated carbocycles. The molecule has 0 saturated heterocycles. The minimum atomic E-state index is -0.0754. The molecule has 84 valence electrons. The fourth-order valence-electron chi connectivity index (χ4n) is 1.50. The van der Waals surface area contributed by atoms with E-state index in [9.17, 15) is 5.11 Å². The van der Waals surface area contributed by atoms with Gasteiger partial charge in [0, 0.05) is 10.0 Å². The van der Waals surface area contributed by atoms with E-state index in [1.165, 1.54) is 0 Å². The average molecular weight is 275 g/mol. The molecule has 0 aliphatic heterocycles. The van der Waals surface area contributed by atoms with E-state index in [0.29, 0.717) is 11.5 Å². The lowest BCUT2D eigenvalue weighted by atomic mass is 10.1. The van der Waals surface area contributed by atoms with Crippen LogP contribution in [0.4, 0.5) is 0 Å². The monoisotopic (exact) mass is 274 g/mol. The van der Waals surface area contributed by atoms with E-state index in [1.807, 2.05) is 13.0 Å². The van der Waals surface area contributed by atoms with E-state index in [1.54, 1.807) is 14.2 Å². The van der Waals surface area contributed by atoms with Gasteiger partial charge in [-0.05, 0) is 34.0 Å². The third kappa shape index (κ3) is 2.26. The van der Waals surface area contributed by atoms with Crippen molar-refractivity contribution in [2.75, 3.05) is 14.2 Å². The van der Waals surface area contributed by atoms with Crippen molar-refractivity contribution in [2.24, 2.45) is 0 Å². The standard InChI is InChI=1S/C11H15BrO3/c1-4-7-5-9(14-2)11(15-3)8(6-13)10(7)12/h5,13H,4,6H2,1-3H3. The number of aliphatic hydroxyl groups is 1. The van der Waals surface area contributed by atoms with Crippen molar-refractivity contribution >= 4 is 15.9 Å². The summed E-state index contributed by atoms with van der Waals surface area (Å²) in [6.07, 6.45) is 0.869. The van der Waals surface area contributed by atoms with Gasteiger partial charge in [0.05, 0.1) is 20.8 Å². The van der Waals surface area contributed by atoms with Gasteiger partial charge < -0.3 is 14.6 Å². The number of benzene rings is 1. The Morgan fingerprint density at radius 1 is 1.33 bits per heavy atom. The van der Waals surface area contributed by atoms with E-state index in [0.717, 1.165) is 22.0 Å². The third-order valence-electron chi connectivity index (χ3n) is 2.31. The van der Waals surface area contributed by atoms with Crippen LogP contribution in [0.2, 0.25) is 0 Å². The first-order chi connectivity index (χ1) is 7.19. The summed E-state index contributed by atoms with van der Waals surface area (Å²) in [5.41, 5.74) is 1.82. The first-order valence-corrected chi connectivity index (χ1v) is 5.51. The molecule has 3 nitrogen and oxygen atoms in total. The number of hydrogen-bond acceptors (Lipinski definition) is 3. The van der Waals surface area contributed by atoms with Crippen molar-refractivity contribution in [3.8, 4) is 11.5 Å². The Morgan fingerprint density at radius 3 is 2.40 bits per heavy atom. The van der Waals surface area contributed by atoms with Crippen molar-refractivity contribution in [3.63, 3.8) is 0 Å². The zero-order valence-electron chi connectivity index (χ0n) is 9.13. The predicted molar refractivity (Wildman–Crippen MR) is 62.5 cm³/mol. The minimum absolute atomic E-state index is 0.0754. The molecule has 0 aromatic heterocycles. The van der Waals surface area contributed by atoms with Crippen molar-refractivity contribution in [1.82, 2.24) is 0 Å². The molecule has 1 aromatic rings. The molecule has 4 heteroatoms. The zero-order valence-corrected chi connectivity index (χ0v) is 10.7. The van der Waals surface area contributed by atoms with Crippen LogP contribution in [-0.4, -0.2) is 19.3 Å². The minimum Gasteiger partial charge on any atom is -0.493 e. The maximum atomic E-state index is 9.30. The molecule has 0 spiro atoms. The molecule has 15 heavy (non-hydrogen) atoms. The van der Waals surface area contributed by atoms with Crippen LogP contribution in [0.3, 0.4) is 0 Å². The Labute approximate surface area is 98.1 Å². The van der Waals surface area contributed by atoms with Gasteiger partial charge in [-0.1, -0.05) is 6.92 Å². The van der Waals surface area contributed by atoms with Crippen LogP contribution in [0.5, 0.6) is 11.5 Å². The molecular formula is C11H15BrO3. The Bertz CT molecular complexity index is 350. The summed E-state index contributed by atoms with van der Waals surface area (Å²) in [6, 6.07) is 1.92. The number of halogens is 1. The molecule has 1 rings (SSSR count). The van der Waals surface area contributed by atoms with Crippen molar-refractivity contribution < 1.29 is 14.6 Å². The summed E-state index contributed by atoms with van der Waals surface area (Å²) in [4.78, 5) is 0. The Hall–Kier alpha value is -0.740. The van der Waals surface area contributed by atoms with Crippen LogP contribution in [0.25, 0.3) is 0 Å². The second kappa shape index (κ2) is 5.37. The van der Waals surface area contributed by atoms with E-state index < -0.39 is 0 Å². The Morgan fingerprint density at radius 2 is 2.00 bits per heavy atom. The summed E-state index contributed by atoms with van der Waals surface area (Å²) in [7, 11) is 3.15. The Kier molecular flexibility index (Phi) is 4.42. The van der Waals surface area contributed by atoms with Crippen LogP contribution < -0.4 is 9.47 Å². The summed E-state index contributed by atoms with van der Waals surface area (Å²) in [5, 5.41) is 9.30. The van der Waals surface area contributed by atoms with E-state index in [-0.39, 0.29) is 6.61 Å². The molecule has 0 radical (unpaired) electrons. The fraction of sp³-hybridized carbons (Fsp3) is 0.455. The highest BCUT2D eigenvalue weighted by atomic mass is 79.9.